The zero-order chi connectivity index (χ0) is 17.7. The molecule has 24 heavy (non-hydrogen) atoms. The number of rotatable bonds is 5. The van der Waals surface area contributed by atoms with Crippen molar-refractivity contribution >= 4 is 23.5 Å². The molecule has 1 aromatic carbocycles. The van der Waals surface area contributed by atoms with Crippen LogP contribution in [0.4, 0.5) is 0 Å². The number of benzene rings is 1. The van der Waals surface area contributed by atoms with Crippen molar-refractivity contribution in [2.24, 2.45) is 0 Å². The Morgan fingerprint density at radius 1 is 1.25 bits per heavy atom. The van der Waals surface area contributed by atoms with Gasteiger partial charge in [0.05, 0.1) is 12.2 Å². The van der Waals surface area contributed by atoms with Gasteiger partial charge in [0, 0.05) is 18.1 Å². The van der Waals surface area contributed by atoms with Gasteiger partial charge in [0.2, 0.25) is 0 Å². The van der Waals surface area contributed by atoms with E-state index in [1.165, 1.54) is 0 Å². The Labute approximate surface area is 146 Å². The van der Waals surface area contributed by atoms with E-state index < -0.39 is 5.97 Å². The summed E-state index contributed by atoms with van der Waals surface area (Å²) in [6.45, 7) is 6.11. The van der Waals surface area contributed by atoms with Crippen LogP contribution in [0.15, 0.2) is 18.2 Å². The first-order chi connectivity index (χ1) is 11.3. The first-order valence-electron chi connectivity index (χ1n) is 7.83. The van der Waals surface area contributed by atoms with Crippen molar-refractivity contribution in [3.8, 4) is 5.75 Å². The van der Waals surface area contributed by atoms with Gasteiger partial charge < -0.3 is 19.1 Å². The third-order valence-corrected chi connectivity index (χ3v) is 4.04. The molecule has 0 N–H and O–H groups in total. The van der Waals surface area contributed by atoms with Crippen LogP contribution in [0.25, 0.3) is 0 Å². The molecule has 1 saturated heterocycles. The number of hydrogen-bond donors (Lipinski definition) is 0. The maximum atomic E-state index is 12.1. The van der Waals surface area contributed by atoms with Gasteiger partial charge in [0.1, 0.15) is 5.75 Å². The number of amides is 1. The number of nitrogens with zero attached hydrogens (tertiary/aromatic N) is 1. The number of carbonyl (C=O) groups is 2. The summed E-state index contributed by atoms with van der Waals surface area (Å²) in [6.07, 6.45) is -0.0465. The molecule has 0 radical (unpaired) electrons. The van der Waals surface area contributed by atoms with E-state index in [-0.39, 0.29) is 31.3 Å². The Balaban J connectivity index is 1.74. The molecule has 1 aliphatic rings. The van der Waals surface area contributed by atoms with Gasteiger partial charge in [-0.05, 0) is 44.5 Å². The highest BCUT2D eigenvalue weighted by molar-refractivity contribution is 6.31. The second kappa shape index (κ2) is 8.35. The van der Waals surface area contributed by atoms with Crippen LogP contribution in [-0.4, -0.2) is 55.3 Å². The lowest BCUT2D eigenvalue weighted by Crippen LogP contribution is -2.49. The molecule has 0 unspecified atom stereocenters. The van der Waals surface area contributed by atoms with Crippen LogP contribution < -0.4 is 4.74 Å². The molecule has 2 atom stereocenters. The van der Waals surface area contributed by atoms with Gasteiger partial charge in [-0.3, -0.25) is 4.79 Å². The molecular weight excluding hydrogens is 334 g/mol. The van der Waals surface area contributed by atoms with Crippen LogP contribution >= 0.6 is 11.6 Å². The molecule has 0 aromatic heterocycles. The van der Waals surface area contributed by atoms with Crippen LogP contribution in [0, 0.1) is 6.92 Å². The van der Waals surface area contributed by atoms with Gasteiger partial charge in [-0.1, -0.05) is 11.6 Å². The molecule has 6 nitrogen and oxygen atoms in total. The summed E-state index contributed by atoms with van der Waals surface area (Å²) in [5.74, 6) is -0.297. The quantitative estimate of drug-likeness (QED) is 0.758. The highest BCUT2D eigenvalue weighted by Crippen LogP contribution is 2.21. The Kier molecular flexibility index (Phi) is 6.45. The number of ether oxygens (including phenoxy) is 3. The largest absolute Gasteiger partial charge is 0.482 e. The summed E-state index contributed by atoms with van der Waals surface area (Å²) in [6, 6.07) is 5.10. The van der Waals surface area contributed by atoms with Gasteiger partial charge in [-0.2, -0.15) is 0 Å². The average molecular weight is 356 g/mol. The molecular formula is C17H22ClNO5. The molecule has 0 spiro atoms. The van der Waals surface area contributed by atoms with Crippen LogP contribution in [0.1, 0.15) is 19.4 Å². The van der Waals surface area contributed by atoms with Gasteiger partial charge >= 0.3 is 5.97 Å². The standard InChI is InChI=1S/C17H22ClNO5/c1-11-6-14(4-5-15(11)18)22-10-17(21)23-9-16(20)19-7-12(2)24-13(3)8-19/h4-6,12-13H,7-10H2,1-3H3/t12-,13-/m1/s1. The normalized spacial score (nSPS) is 20.6. The number of halogens is 1. The SMILES string of the molecule is Cc1cc(OCC(=O)OCC(=O)N2C[C@@H](C)O[C@H](C)C2)ccc1Cl. The van der Waals surface area contributed by atoms with Crippen molar-refractivity contribution < 1.29 is 23.8 Å². The molecule has 1 fully saturated rings. The van der Waals surface area contributed by atoms with Gasteiger partial charge in [0.15, 0.2) is 13.2 Å². The van der Waals surface area contributed by atoms with Gasteiger partial charge in [0.25, 0.3) is 5.91 Å². The lowest BCUT2D eigenvalue weighted by Gasteiger charge is -2.35. The molecule has 0 aliphatic carbocycles. The lowest BCUT2D eigenvalue weighted by molar-refractivity contribution is -0.158. The fourth-order valence-electron chi connectivity index (χ4n) is 2.51. The fraction of sp³-hybridized carbons (Fsp3) is 0.529. The maximum absolute atomic E-state index is 12.1. The Hall–Kier alpha value is -1.79. The third-order valence-electron chi connectivity index (χ3n) is 3.62. The van der Waals surface area contributed by atoms with E-state index >= 15 is 0 Å². The molecule has 132 valence electrons. The van der Waals surface area contributed by atoms with E-state index in [0.29, 0.717) is 23.9 Å². The van der Waals surface area contributed by atoms with Crippen molar-refractivity contribution in [3.05, 3.63) is 28.8 Å². The molecule has 2 rings (SSSR count). The topological polar surface area (TPSA) is 65.1 Å². The first kappa shape index (κ1) is 18.5. The second-order valence-corrected chi connectivity index (χ2v) is 6.32. The van der Waals surface area contributed by atoms with Crippen molar-refractivity contribution in [1.82, 2.24) is 4.90 Å². The monoisotopic (exact) mass is 355 g/mol. The summed E-state index contributed by atoms with van der Waals surface area (Å²) in [5, 5.41) is 0.629. The van der Waals surface area contributed by atoms with Crippen LogP contribution in [0.2, 0.25) is 5.02 Å². The first-order valence-corrected chi connectivity index (χ1v) is 8.20. The Bertz CT molecular complexity index is 597. The van der Waals surface area contributed by atoms with Crippen molar-refractivity contribution in [3.63, 3.8) is 0 Å². The van der Waals surface area contributed by atoms with E-state index in [1.807, 2.05) is 20.8 Å². The van der Waals surface area contributed by atoms with E-state index in [4.69, 9.17) is 25.8 Å². The molecule has 1 amide bonds. The van der Waals surface area contributed by atoms with Crippen molar-refractivity contribution in [2.75, 3.05) is 26.3 Å². The van der Waals surface area contributed by atoms with Crippen LogP contribution in [0.3, 0.4) is 0 Å². The number of morpholine rings is 1. The summed E-state index contributed by atoms with van der Waals surface area (Å²) in [4.78, 5) is 25.5. The molecule has 1 aromatic rings. The number of hydrogen-bond acceptors (Lipinski definition) is 5. The summed E-state index contributed by atoms with van der Waals surface area (Å²) in [7, 11) is 0. The van der Waals surface area contributed by atoms with Gasteiger partial charge in [-0.15, -0.1) is 0 Å². The van der Waals surface area contributed by atoms with Crippen LogP contribution in [0.5, 0.6) is 5.75 Å². The Morgan fingerprint density at radius 2 is 1.92 bits per heavy atom. The predicted octanol–water partition coefficient (Wildman–Crippen LogP) is 2.21. The zero-order valence-corrected chi connectivity index (χ0v) is 14.8. The van der Waals surface area contributed by atoms with E-state index in [9.17, 15) is 9.59 Å². The second-order valence-electron chi connectivity index (χ2n) is 5.92. The molecule has 0 bridgehead atoms. The van der Waals surface area contributed by atoms with Crippen molar-refractivity contribution in [1.29, 1.82) is 0 Å². The molecule has 0 saturated carbocycles. The highest BCUT2D eigenvalue weighted by Gasteiger charge is 2.26. The summed E-state index contributed by atoms with van der Waals surface area (Å²) >= 11 is 5.92. The zero-order valence-electron chi connectivity index (χ0n) is 14.1. The number of aryl methyl sites for hydroxylation is 1. The fourth-order valence-corrected chi connectivity index (χ4v) is 2.62. The van der Waals surface area contributed by atoms with Gasteiger partial charge in [-0.25, -0.2) is 4.79 Å². The Morgan fingerprint density at radius 3 is 2.54 bits per heavy atom. The smallest absolute Gasteiger partial charge is 0.344 e. The van der Waals surface area contributed by atoms with E-state index in [0.717, 1.165) is 5.56 Å². The van der Waals surface area contributed by atoms with E-state index in [2.05, 4.69) is 0 Å². The van der Waals surface area contributed by atoms with E-state index in [1.54, 1.807) is 23.1 Å². The average Bonchev–Trinajstić information content (AvgIpc) is 2.52. The minimum Gasteiger partial charge on any atom is -0.482 e. The summed E-state index contributed by atoms with van der Waals surface area (Å²) in [5.41, 5.74) is 0.855. The molecule has 1 heterocycles. The minimum absolute atomic E-state index is 0.0233. The number of esters is 1. The van der Waals surface area contributed by atoms with Crippen molar-refractivity contribution in [2.45, 2.75) is 33.0 Å². The third kappa shape index (κ3) is 5.39. The minimum atomic E-state index is -0.592. The van der Waals surface area contributed by atoms with Crippen LogP contribution in [-0.2, 0) is 19.1 Å². The maximum Gasteiger partial charge on any atom is 0.344 e. The highest BCUT2D eigenvalue weighted by atomic mass is 35.5. The predicted molar refractivity (Wildman–Crippen MR) is 89.2 cm³/mol. The summed E-state index contributed by atoms with van der Waals surface area (Å²) < 4.78 is 15.9. The lowest BCUT2D eigenvalue weighted by atomic mass is 10.2. The molecule has 7 heteroatoms. The molecule has 1 aliphatic heterocycles. The number of carbonyl (C=O) groups excluding carboxylic acids is 2.